The number of hydrogen-bond acceptors (Lipinski definition) is 4. The normalized spacial score (nSPS) is 23.8. The maximum atomic E-state index is 13.9. The minimum atomic E-state index is -4.12. The molecule has 1 aliphatic rings. The van der Waals surface area contributed by atoms with Gasteiger partial charge in [0.05, 0.1) is 11.1 Å². The van der Waals surface area contributed by atoms with Crippen LogP contribution in [0.25, 0.3) is 0 Å². The highest BCUT2D eigenvalue weighted by Gasteiger charge is 2.30. The summed E-state index contributed by atoms with van der Waals surface area (Å²) in [6, 6.07) is 1.54. The second-order valence-electron chi connectivity index (χ2n) is 4.89. The van der Waals surface area contributed by atoms with Gasteiger partial charge in [0.25, 0.3) is 0 Å². The number of nitrogen functional groups attached to an aromatic ring is 1. The lowest BCUT2D eigenvalue weighted by Crippen LogP contribution is -2.45. The fourth-order valence-corrected chi connectivity index (χ4v) is 4.01. The fourth-order valence-electron chi connectivity index (χ4n) is 2.29. The summed E-state index contributed by atoms with van der Waals surface area (Å²) in [6.07, 6.45) is 1.92. The van der Waals surface area contributed by atoms with Crippen LogP contribution in [0.5, 0.6) is 0 Å². The number of halogens is 2. The molecule has 0 amide bonds. The molecule has 0 aliphatic heterocycles. The minimum Gasteiger partial charge on any atom is -0.399 e. The first kappa shape index (κ1) is 15.5. The van der Waals surface area contributed by atoms with Gasteiger partial charge in [-0.1, -0.05) is 24.4 Å². The third-order valence-electron chi connectivity index (χ3n) is 3.34. The number of aliphatic hydroxyl groups excluding tert-OH is 1. The Bertz CT molecular complexity index is 609. The number of aliphatic hydroxyl groups is 1. The van der Waals surface area contributed by atoms with Crippen LogP contribution in [0, 0.1) is 5.82 Å². The molecular weight excluding hydrogens is 307 g/mol. The topological polar surface area (TPSA) is 92.4 Å². The first-order valence-corrected chi connectivity index (χ1v) is 8.12. The van der Waals surface area contributed by atoms with Crippen LogP contribution >= 0.6 is 11.6 Å². The molecule has 0 heterocycles. The quantitative estimate of drug-likeness (QED) is 0.738. The van der Waals surface area contributed by atoms with Crippen molar-refractivity contribution in [1.29, 1.82) is 0 Å². The van der Waals surface area contributed by atoms with Crippen molar-refractivity contribution >= 4 is 27.3 Å². The summed E-state index contributed by atoms with van der Waals surface area (Å²) in [5.41, 5.74) is 5.55. The summed E-state index contributed by atoms with van der Waals surface area (Å²) in [4.78, 5) is -0.597. The minimum absolute atomic E-state index is 0.0565. The Kier molecular flexibility index (Phi) is 4.53. The lowest BCUT2D eigenvalue weighted by atomic mass is 9.93. The summed E-state index contributed by atoms with van der Waals surface area (Å²) in [5.74, 6) is -1.04. The van der Waals surface area contributed by atoms with E-state index in [9.17, 15) is 17.9 Å². The van der Waals surface area contributed by atoms with Crippen LogP contribution in [-0.4, -0.2) is 25.7 Å². The van der Waals surface area contributed by atoms with Gasteiger partial charge < -0.3 is 10.8 Å². The predicted octanol–water partition coefficient (Wildman–Crippen LogP) is 1.64. The van der Waals surface area contributed by atoms with Crippen LogP contribution in [-0.2, 0) is 10.0 Å². The third kappa shape index (κ3) is 3.22. The smallest absolute Gasteiger partial charge is 0.243 e. The third-order valence-corrected chi connectivity index (χ3v) is 5.11. The molecule has 0 radical (unpaired) electrons. The number of rotatable bonds is 3. The number of nitrogens with one attached hydrogen (secondary N) is 1. The number of anilines is 1. The van der Waals surface area contributed by atoms with Crippen LogP contribution < -0.4 is 10.5 Å². The van der Waals surface area contributed by atoms with Gasteiger partial charge in [-0.15, -0.1) is 0 Å². The van der Waals surface area contributed by atoms with Crippen molar-refractivity contribution in [2.24, 2.45) is 0 Å². The van der Waals surface area contributed by atoms with Crippen molar-refractivity contribution in [2.45, 2.75) is 42.7 Å². The van der Waals surface area contributed by atoms with Crippen molar-refractivity contribution in [1.82, 2.24) is 4.72 Å². The second kappa shape index (κ2) is 5.85. The Morgan fingerprint density at radius 3 is 2.65 bits per heavy atom. The molecule has 0 unspecified atom stereocenters. The summed E-state index contributed by atoms with van der Waals surface area (Å²) in [5, 5.41) is 9.43. The maximum Gasteiger partial charge on any atom is 0.243 e. The molecule has 4 N–H and O–H groups in total. The van der Waals surface area contributed by atoms with E-state index in [4.69, 9.17) is 17.3 Å². The molecule has 2 atom stereocenters. The summed E-state index contributed by atoms with van der Waals surface area (Å²) in [7, 11) is -4.12. The molecule has 1 aromatic rings. The van der Waals surface area contributed by atoms with E-state index in [1.807, 2.05) is 0 Å². The maximum absolute atomic E-state index is 13.9. The Balaban J connectivity index is 2.31. The number of sulfonamides is 1. The zero-order valence-corrected chi connectivity index (χ0v) is 12.2. The van der Waals surface area contributed by atoms with Crippen molar-refractivity contribution in [3.05, 3.63) is 23.0 Å². The Labute approximate surface area is 122 Å². The Hall–Kier alpha value is -0.890. The fraction of sp³-hybridized carbons (Fsp3) is 0.500. The van der Waals surface area contributed by atoms with Gasteiger partial charge in [-0.25, -0.2) is 17.5 Å². The van der Waals surface area contributed by atoms with Gasteiger partial charge in [0.1, 0.15) is 4.90 Å². The van der Waals surface area contributed by atoms with E-state index in [2.05, 4.69) is 4.72 Å². The molecule has 1 saturated carbocycles. The van der Waals surface area contributed by atoms with E-state index in [1.54, 1.807) is 0 Å². The van der Waals surface area contributed by atoms with Crippen molar-refractivity contribution in [3.63, 3.8) is 0 Å². The molecule has 2 rings (SSSR count). The number of benzene rings is 1. The van der Waals surface area contributed by atoms with E-state index < -0.39 is 32.9 Å². The standard InChI is InChI=1S/C12H16ClFN2O3S/c13-8-5-7(15)6-11(12(8)14)20(18,19)16-9-3-1-2-4-10(9)17/h5-6,9-10,16-17H,1-4,15H2/t9-,10-/m0/s1. The van der Waals surface area contributed by atoms with Gasteiger partial charge in [-0.2, -0.15) is 0 Å². The van der Waals surface area contributed by atoms with Gasteiger partial charge in [0.15, 0.2) is 5.82 Å². The zero-order valence-electron chi connectivity index (χ0n) is 10.6. The lowest BCUT2D eigenvalue weighted by molar-refractivity contribution is 0.101. The summed E-state index contributed by atoms with van der Waals surface area (Å²) >= 11 is 5.60. The van der Waals surface area contributed by atoms with Crippen LogP contribution in [0.3, 0.4) is 0 Å². The number of hydrogen-bond donors (Lipinski definition) is 3. The SMILES string of the molecule is Nc1cc(Cl)c(F)c(S(=O)(=O)N[C@H]2CCCC[C@@H]2O)c1. The van der Waals surface area contributed by atoms with E-state index in [1.165, 1.54) is 0 Å². The van der Waals surface area contributed by atoms with Gasteiger partial charge in [0, 0.05) is 11.7 Å². The second-order valence-corrected chi connectivity index (χ2v) is 6.98. The highest BCUT2D eigenvalue weighted by molar-refractivity contribution is 7.89. The van der Waals surface area contributed by atoms with Gasteiger partial charge >= 0.3 is 0 Å². The first-order valence-electron chi connectivity index (χ1n) is 6.26. The number of nitrogens with two attached hydrogens (primary N) is 1. The van der Waals surface area contributed by atoms with Gasteiger partial charge in [0.2, 0.25) is 10.0 Å². The van der Waals surface area contributed by atoms with Crippen LogP contribution in [0.15, 0.2) is 17.0 Å². The largest absolute Gasteiger partial charge is 0.399 e. The highest BCUT2D eigenvalue weighted by atomic mass is 35.5. The van der Waals surface area contributed by atoms with Crippen LogP contribution in [0.4, 0.5) is 10.1 Å². The monoisotopic (exact) mass is 322 g/mol. The molecule has 0 saturated heterocycles. The van der Waals surface area contributed by atoms with Gasteiger partial charge in [-0.05, 0) is 25.0 Å². The van der Waals surface area contributed by atoms with E-state index in [0.29, 0.717) is 12.8 Å². The molecule has 0 bridgehead atoms. The molecule has 0 aromatic heterocycles. The van der Waals surface area contributed by atoms with E-state index in [0.717, 1.165) is 25.0 Å². The molecule has 20 heavy (non-hydrogen) atoms. The zero-order chi connectivity index (χ0) is 14.9. The molecule has 1 aliphatic carbocycles. The molecular formula is C12H16ClFN2O3S. The molecule has 8 heteroatoms. The van der Waals surface area contributed by atoms with Crippen molar-refractivity contribution < 1.29 is 17.9 Å². The van der Waals surface area contributed by atoms with Crippen LogP contribution in [0.2, 0.25) is 5.02 Å². The predicted molar refractivity (Wildman–Crippen MR) is 74.4 cm³/mol. The van der Waals surface area contributed by atoms with Gasteiger partial charge in [-0.3, -0.25) is 0 Å². The average Bonchev–Trinajstić information content (AvgIpc) is 2.36. The molecule has 5 nitrogen and oxygen atoms in total. The molecule has 1 aromatic carbocycles. The summed E-state index contributed by atoms with van der Waals surface area (Å²) in [6.45, 7) is 0. The van der Waals surface area contributed by atoms with E-state index in [-0.39, 0.29) is 10.7 Å². The highest BCUT2D eigenvalue weighted by Crippen LogP contribution is 2.27. The van der Waals surface area contributed by atoms with Crippen LogP contribution in [0.1, 0.15) is 25.7 Å². The Morgan fingerprint density at radius 1 is 1.35 bits per heavy atom. The Morgan fingerprint density at radius 2 is 2.00 bits per heavy atom. The molecule has 0 spiro atoms. The van der Waals surface area contributed by atoms with E-state index >= 15 is 0 Å². The van der Waals surface area contributed by atoms with Crippen molar-refractivity contribution in [2.75, 3.05) is 5.73 Å². The first-order chi connectivity index (χ1) is 9.31. The molecule has 1 fully saturated rings. The van der Waals surface area contributed by atoms with Crippen molar-refractivity contribution in [3.8, 4) is 0 Å². The average molecular weight is 323 g/mol. The molecule has 112 valence electrons. The lowest BCUT2D eigenvalue weighted by Gasteiger charge is -2.28. The summed E-state index contributed by atoms with van der Waals surface area (Å²) < 4.78 is 40.6.